The lowest BCUT2D eigenvalue weighted by Gasteiger charge is -2.01. The fourth-order valence-corrected chi connectivity index (χ4v) is 0.385. The molecule has 1 heterocycles. The van der Waals surface area contributed by atoms with Gasteiger partial charge in [0.2, 0.25) is 0 Å². The summed E-state index contributed by atoms with van der Waals surface area (Å²) in [7, 11) is 0. The van der Waals surface area contributed by atoms with Gasteiger partial charge in [0.25, 0.3) is 0 Å². The third-order valence-corrected chi connectivity index (χ3v) is 0.850. The van der Waals surface area contributed by atoms with Crippen LogP contribution in [0.2, 0.25) is 0 Å². The molecule has 0 aromatic heterocycles. The first kappa shape index (κ1) is 5.30. The SMILES string of the molecule is CC(N)C1N=NN=N1. The molecule has 0 aromatic rings. The first-order valence-corrected chi connectivity index (χ1v) is 2.36. The summed E-state index contributed by atoms with van der Waals surface area (Å²) >= 11 is 0. The van der Waals surface area contributed by atoms with Crippen LogP contribution in [0.4, 0.5) is 0 Å². The second kappa shape index (κ2) is 1.95. The van der Waals surface area contributed by atoms with E-state index in [1.54, 1.807) is 0 Å². The van der Waals surface area contributed by atoms with Gasteiger partial charge in [0.05, 0.1) is 0 Å². The van der Waals surface area contributed by atoms with Crippen LogP contribution in [-0.2, 0) is 0 Å². The van der Waals surface area contributed by atoms with Gasteiger partial charge in [-0.1, -0.05) is 0 Å². The Hall–Kier alpha value is -0.840. The van der Waals surface area contributed by atoms with Crippen molar-refractivity contribution in [2.75, 3.05) is 0 Å². The molecule has 0 saturated heterocycles. The zero-order valence-corrected chi connectivity index (χ0v) is 4.52. The molecule has 0 aromatic carbocycles. The number of hydrogen-bond donors (Lipinski definition) is 1. The lowest BCUT2D eigenvalue weighted by molar-refractivity contribution is 0.578. The third kappa shape index (κ3) is 0.865. The third-order valence-electron chi connectivity index (χ3n) is 0.850. The zero-order chi connectivity index (χ0) is 5.98. The van der Waals surface area contributed by atoms with Crippen molar-refractivity contribution < 1.29 is 0 Å². The normalized spacial score (nSPS) is 22.2. The number of nitrogens with zero attached hydrogens (tertiary/aromatic N) is 4. The molecule has 0 fully saturated rings. The molecular weight excluding hydrogens is 106 g/mol. The van der Waals surface area contributed by atoms with Gasteiger partial charge in [-0.3, -0.25) is 0 Å². The molecule has 0 radical (unpaired) electrons. The van der Waals surface area contributed by atoms with Crippen molar-refractivity contribution >= 4 is 0 Å². The lowest BCUT2D eigenvalue weighted by Crippen LogP contribution is -2.26. The average Bonchev–Trinajstić information content (AvgIpc) is 2.12. The van der Waals surface area contributed by atoms with Gasteiger partial charge < -0.3 is 5.73 Å². The molecule has 5 heteroatoms. The Labute approximate surface area is 46.7 Å². The molecule has 0 aliphatic carbocycles. The molecule has 0 spiro atoms. The minimum atomic E-state index is -0.241. The van der Waals surface area contributed by atoms with Crippen LogP contribution in [0.1, 0.15) is 6.92 Å². The van der Waals surface area contributed by atoms with Crippen molar-refractivity contribution in [2.45, 2.75) is 19.1 Å². The van der Waals surface area contributed by atoms with E-state index >= 15 is 0 Å². The summed E-state index contributed by atoms with van der Waals surface area (Å²) in [5, 5.41) is 13.8. The Bertz CT molecular complexity index is 114. The molecule has 0 saturated carbocycles. The molecule has 44 valence electrons. The quantitative estimate of drug-likeness (QED) is 0.528. The largest absolute Gasteiger partial charge is 0.324 e. The van der Waals surface area contributed by atoms with Crippen LogP contribution in [-0.4, -0.2) is 12.2 Å². The predicted molar refractivity (Wildman–Crippen MR) is 27.1 cm³/mol. The van der Waals surface area contributed by atoms with E-state index in [4.69, 9.17) is 5.73 Å². The molecule has 0 bridgehead atoms. The van der Waals surface area contributed by atoms with Crippen LogP contribution in [0, 0.1) is 0 Å². The van der Waals surface area contributed by atoms with E-state index in [9.17, 15) is 0 Å². The van der Waals surface area contributed by atoms with E-state index < -0.39 is 0 Å². The minimum absolute atomic E-state index is 0.0787. The van der Waals surface area contributed by atoms with E-state index in [2.05, 4.69) is 20.7 Å². The lowest BCUT2D eigenvalue weighted by atomic mass is 10.3. The van der Waals surface area contributed by atoms with E-state index in [1.807, 2.05) is 6.92 Å². The fraction of sp³-hybridized carbons (Fsp3) is 1.00. The van der Waals surface area contributed by atoms with Crippen LogP contribution in [0.5, 0.6) is 0 Å². The van der Waals surface area contributed by atoms with E-state index in [-0.39, 0.29) is 12.2 Å². The average molecular weight is 113 g/mol. The first-order chi connectivity index (χ1) is 3.80. The Morgan fingerprint density at radius 3 is 2.12 bits per heavy atom. The maximum atomic E-state index is 5.39. The molecule has 8 heavy (non-hydrogen) atoms. The van der Waals surface area contributed by atoms with Crippen LogP contribution < -0.4 is 5.73 Å². The molecule has 1 aliphatic rings. The minimum Gasteiger partial charge on any atom is -0.324 e. The maximum Gasteiger partial charge on any atom is 0.200 e. The maximum absolute atomic E-state index is 5.39. The second-order valence-electron chi connectivity index (χ2n) is 1.68. The van der Waals surface area contributed by atoms with Crippen molar-refractivity contribution in [3.05, 3.63) is 0 Å². The van der Waals surface area contributed by atoms with Crippen LogP contribution in [0.15, 0.2) is 20.7 Å². The number of hydrogen-bond acceptors (Lipinski definition) is 5. The summed E-state index contributed by atoms with van der Waals surface area (Å²) in [6.07, 6.45) is -0.241. The molecule has 2 N–H and O–H groups in total. The van der Waals surface area contributed by atoms with Crippen molar-refractivity contribution in [3.63, 3.8) is 0 Å². The Kier molecular flexibility index (Phi) is 1.29. The Balaban J connectivity index is 2.49. The highest BCUT2D eigenvalue weighted by molar-refractivity contribution is 4.70. The summed E-state index contributed by atoms with van der Waals surface area (Å²) in [5.41, 5.74) is 5.39. The van der Waals surface area contributed by atoms with Crippen molar-refractivity contribution in [1.29, 1.82) is 0 Å². The molecule has 1 atom stereocenters. The van der Waals surface area contributed by atoms with E-state index in [0.717, 1.165) is 0 Å². The van der Waals surface area contributed by atoms with E-state index in [1.165, 1.54) is 0 Å². The van der Waals surface area contributed by atoms with Gasteiger partial charge in [0, 0.05) is 6.04 Å². The van der Waals surface area contributed by atoms with Crippen LogP contribution >= 0.6 is 0 Å². The van der Waals surface area contributed by atoms with Gasteiger partial charge in [-0.05, 0) is 17.4 Å². The van der Waals surface area contributed by atoms with Crippen LogP contribution in [0.25, 0.3) is 0 Å². The van der Waals surface area contributed by atoms with Crippen molar-refractivity contribution in [3.8, 4) is 0 Å². The van der Waals surface area contributed by atoms with Crippen LogP contribution in [0.3, 0.4) is 0 Å². The predicted octanol–water partition coefficient (Wildman–Crippen LogP) is 0.493. The van der Waals surface area contributed by atoms with Crippen molar-refractivity contribution in [2.24, 2.45) is 26.4 Å². The molecular formula is C3H7N5. The monoisotopic (exact) mass is 113 g/mol. The summed E-state index contributed by atoms with van der Waals surface area (Å²) in [4.78, 5) is 0. The second-order valence-corrected chi connectivity index (χ2v) is 1.68. The summed E-state index contributed by atoms with van der Waals surface area (Å²) < 4.78 is 0. The summed E-state index contributed by atoms with van der Waals surface area (Å²) in [5.74, 6) is 0. The van der Waals surface area contributed by atoms with Gasteiger partial charge in [-0.2, -0.15) is 0 Å². The van der Waals surface area contributed by atoms with Gasteiger partial charge in [0.1, 0.15) is 0 Å². The van der Waals surface area contributed by atoms with Gasteiger partial charge in [-0.25, -0.2) is 0 Å². The van der Waals surface area contributed by atoms with Crippen molar-refractivity contribution in [1.82, 2.24) is 0 Å². The molecule has 1 rings (SSSR count). The zero-order valence-electron chi connectivity index (χ0n) is 4.52. The molecule has 1 unspecified atom stereocenters. The first-order valence-electron chi connectivity index (χ1n) is 2.36. The van der Waals surface area contributed by atoms with Gasteiger partial charge in [0.15, 0.2) is 6.17 Å². The highest BCUT2D eigenvalue weighted by Gasteiger charge is 2.13. The van der Waals surface area contributed by atoms with Gasteiger partial charge in [-0.15, -0.1) is 10.2 Å². The highest BCUT2D eigenvalue weighted by Crippen LogP contribution is 2.06. The Morgan fingerprint density at radius 2 is 1.88 bits per heavy atom. The Morgan fingerprint density at radius 1 is 1.38 bits per heavy atom. The number of rotatable bonds is 1. The standard InChI is InChI=1S/C3H7N5/c1-2(4)3-5-7-8-6-3/h2-3H,4H2,1H3. The summed E-state index contributed by atoms with van der Waals surface area (Å²) in [6, 6.07) is -0.0787. The fourth-order valence-electron chi connectivity index (χ4n) is 0.385. The molecule has 1 aliphatic heterocycles. The van der Waals surface area contributed by atoms with E-state index in [0.29, 0.717) is 0 Å². The smallest absolute Gasteiger partial charge is 0.200 e. The molecule has 5 nitrogen and oxygen atoms in total. The summed E-state index contributed by atoms with van der Waals surface area (Å²) in [6.45, 7) is 1.81. The topological polar surface area (TPSA) is 75.5 Å². The van der Waals surface area contributed by atoms with Gasteiger partial charge >= 0.3 is 0 Å². The highest BCUT2D eigenvalue weighted by atomic mass is 15.6. The molecule has 0 amide bonds. The number of nitrogens with two attached hydrogens (primary N) is 1.